The summed E-state index contributed by atoms with van der Waals surface area (Å²) in [5.41, 5.74) is 0.934. The molecule has 1 aromatic carbocycles. The molecule has 76 valence electrons. The Morgan fingerprint density at radius 3 is 2.71 bits per heavy atom. The molecule has 1 aromatic rings. The molecule has 0 aliphatic carbocycles. The zero-order chi connectivity index (χ0) is 10.1. The number of ether oxygens (including phenoxy) is 2. The van der Waals surface area contributed by atoms with Crippen molar-refractivity contribution in [2.45, 2.75) is 19.9 Å². The van der Waals surface area contributed by atoms with Crippen molar-refractivity contribution in [2.75, 3.05) is 11.8 Å². The Balaban J connectivity index is 2.28. The standard InChI is InChI=1S/C10H14N2O2/c1-7(2)12(11)8-3-4-9-10(5-8)14-6-13-9/h3-5,7H,6,11H2,1-2H3. The van der Waals surface area contributed by atoms with Crippen LogP contribution in [-0.4, -0.2) is 12.8 Å². The molecule has 4 nitrogen and oxygen atoms in total. The molecule has 2 N–H and O–H groups in total. The molecule has 0 bridgehead atoms. The monoisotopic (exact) mass is 194 g/mol. The van der Waals surface area contributed by atoms with Crippen molar-refractivity contribution in [1.82, 2.24) is 0 Å². The van der Waals surface area contributed by atoms with E-state index in [-0.39, 0.29) is 6.04 Å². The fraction of sp³-hybridized carbons (Fsp3) is 0.400. The maximum Gasteiger partial charge on any atom is 0.231 e. The van der Waals surface area contributed by atoms with E-state index in [2.05, 4.69) is 0 Å². The average Bonchev–Trinajstić information content (AvgIpc) is 2.62. The van der Waals surface area contributed by atoms with Crippen LogP contribution in [0.15, 0.2) is 18.2 Å². The first-order valence-electron chi connectivity index (χ1n) is 4.62. The first-order valence-corrected chi connectivity index (χ1v) is 4.62. The Morgan fingerprint density at radius 1 is 1.29 bits per heavy atom. The summed E-state index contributed by atoms with van der Waals surface area (Å²) in [5.74, 6) is 7.41. The van der Waals surface area contributed by atoms with Gasteiger partial charge in [0.15, 0.2) is 11.5 Å². The van der Waals surface area contributed by atoms with Crippen molar-refractivity contribution >= 4 is 5.69 Å². The Labute approximate surface area is 83.2 Å². The highest BCUT2D eigenvalue weighted by Gasteiger charge is 2.15. The van der Waals surface area contributed by atoms with Crippen molar-refractivity contribution in [3.05, 3.63) is 18.2 Å². The van der Waals surface area contributed by atoms with Crippen LogP contribution in [0.1, 0.15) is 13.8 Å². The van der Waals surface area contributed by atoms with Crippen molar-refractivity contribution in [1.29, 1.82) is 0 Å². The fourth-order valence-corrected chi connectivity index (χ4v) is 1.34. The molecule has 0 radical (unpaired) electrons. The molecule has 1 aliphatic heterocycles. The van der Waals surface area contributed by atoms with E-state index in [1.807, 2.05) is 32.0 Å². The molecule has 0 unspecified atom stereocenters. The van der Waals surface area contributed by atoms with E-state index in [1.165, 1.54) is 0 Å². The number of fused-ring (bicyclic) bond motifs is 1. The molecule has 0 amide bonds. The van der Waals surface area contributed by atoms with E-state index in [0.717, 1.165) is 17.2 Å². The third kappa shape index (κ3) is 1.48. The van der Waals surface area contributed by atoms with E-state index in [1.54, 1.807) is 5.01 Å². The quantitative estimate of drug-likeness (QED) is 0.572. The van der Waals surface area contributed by atoms with Crippen LogP contribution < -0.4 is 20.3 Å². The summed E-state index contributed by atoms with van der Waals surface area (Å²) in [4.78, 5) is 0. The number of nitrogens with zero attached hydrogens (tertiary/aromatic N) is 1. The first kappa shape index (κ1) is 9.15. The van der Waals surface area contributed by atoms with Gasteiger partial charge >= 0.3 is 0 Å². The molecule has 4 heteroatoms. The number of benzene rings is 1. The Bertz CT molecular complexity index is 339. The summed E-state index contributed by atoms with van der Waals surface area (Å²) < 4.78 is 10.5. The third-order valence-electron chi connectivity index (χ3n) is 2.21. The molecule has 1 heterocycles. The summed E-state index contributed by atoms with van der Waals surface area (Å²) >= 11 is 0. The van der Waals surface area contributed by atoms with Crippen LogP contribution in [0, 0.1) is 0 Å². The topological polar surface area (TPSA) is 47.7 Å². The van der Waals surface area contributed by atoms with E-state index in [9.17, 15) is 0 Å². The van der Waals surface area contributed by atoms with Crippen LogP contribution in [0.25, 0.3) is 0 Å². The highest BCUT2D eigenvalue weighted by molar-refractivity contribution is 5.56. The van der Waals surface area contributed by atoms with Crippen LogP contribution >= 0.6 is 0 Å². The van der Waals surface area contributed by atoms with Gasteiger partial charge in [-0.25, -0.2) is 5.84 Å². The smallest absolute Gasteiger partial charge is 0.231 e. The molecule has 1 aliphatic rings. The van der Waals surface area contributed by atoms with Crippen LogP contribution in [-0.2, 0) is 0 Å². The van der Waals surface area contributed by atoms with Gasteiger partial charge in [0, 0.05) is 12.1 Å². The highest BCUT2D eigenvalue weighted by atomic mass is 16.7. The van der Waals surface area contributed by atoms with Gasteiger partial charge in [-0.3, -0.25) is 0 Å². The van der Waals surface area contributed by atoms with Crippen LogP contribution in [0.5, 0.6) is 11.5 Å². The number of anilines is 1. The van der Waals surface area contributed by atoms with Gasteiger partial charge in [-0.05, 0) is 26.0 Å². The third-order valence-corrected chi connectivity index (χ3v) is 2.21. The predicted molar refractivity (Wildman–Crippen MR) is 54.4 cm³/mol. The molecule has 0 saturated carbocycles. The van der Waals surface area contributed by atoms with E-state index >= 15 is 0 Å². The second-order valence-corrected chi connectivity index (χ2v) is 3.54. The zero-order valence-corrected chi connectivity index (χ0v) is 8.36. The number of nitrogens with two attached hydrogens (primary N) is 1. The molecule has 2 rings (SSSR count). The molecule has 0 atom stereocenters. The number of hydrogen-bond acceptors (Lipinski definition) is 4. The maximum absolute atomic E-state index is 5.87. The van der Waals surface area contributed by atoms with Gasteiger partial charge < -0.3 is 14.5 Å². The SMILES string of the molecule is CC(C)N(N)c1ccc2c(c1)OCO2. The maximum atomic E-state index is 5.87. The summed E-state index contributed by atoms with van der Waals surface area (Å²) in [6.45, 7) is 4.36. The van der Waals surface area contributed by atoms with Crippen LogP contribution in [0.4, 0.5) is 5.69 Å². The van der Waals surface area contributed by atoms with E-state index in [4.69, 9.17) is 15.3 Å². The van der Waals surface area contributed by atoms with Crippen molar-refractivity contribution in [2.24, 2.45) is 5.84 Å². The summed E-state index contributed by atoms with van der Waals surface area (Å²) in [7, 11) is 0. The zero-order valence-electron chi connectivity index (χ0n) is 8.36. The lowest BCUT2D eigenvalue weighted by molar-refractivity contribution is 0.174. The van der Waals surface area contributed by atoms with E-state index in [0.29, 0.717) is 6.79 Å². The van der Waals surface area contributed by atoms with Crippen LogP contribution in [0.3, 0.4) is 0 Å². The van der Waals surface area contributed by atoms with Gasteiger partial charge in [0.2, 0.25) is 6.79 Å². The second kappa shape index (κ2) is 3.38. The lowest BCUT2D eigenvalue weighted by atomic mass is 10.2. The Hall–Kier alpha value is -1.42. The molecule has 0 saturated heterocycles. The normalized spacial score (nSPS) is 13.4. The summed E-state index contributed by atoms with van der Waals surface area (Å²) in [5, 5.41) is 1.70. The minimum Gasteiger partial charge on any atom is -0.454 e. The molecule has 0 spiro atoms. The van der Waals surface area contributed by atoms with Gasteiger partial charge in [-0.1, -0.05) is 0 Å². The first-order chi connectivity index (χ1) is 6.68. The fourth-order valence-electron chi connectivity index (χ4n) is 1.34. The van der Waals surface area contributed by atoms with Crippen LogP contribution in [0.2, 0.25) is 0 Å². The number of hydrogen-bond donors (Lipinski definition) is 1. The molecule has 0 fully saturated rings. The largest absolute Gasteiger partial charge is 0.454 e. The van der Waals surface area contributed by atoms with Gasteiger partial charge in [-0.15, -0.1) is 0 Å². The molecule has 14 heavy (non-hydrogen) atoms. The molecule has 0 aromatic heterocycles. The van der Waals surface area contributed by atoms with Gasteiger partial charge in [0.05, 0.1) is 5.69 Å². The summed E-state index contributed by atoms with van der Waals surface area (Å²) in [6, 6.07) is 5.95. The highest BCUT2D eigenvalue weighted by Crippen LogP contribution is 2.35. The Morgan fingerprint density at radius 2 is 2.00 bits per heavy atom. The minimum absolute atomic E-state index is 0.260. The van der Waals surface area contributed by atoms with Crippen molar-refractivity contribution < 1.29 is 9.47 Å². The van der Waals surface area contributed by atoms with Crippen molar-refractivity contribution in [3.63, 3.8) is 0 Å². The predicted octanol–water partition coefficient (Wildman–Crippen LogP) is 1.50. The molecular weight excluding hydrogens is 180 g/mol. The summed E-state index contributed by atoms with van der Waals surface area (Å²) in [6.07, 6.45) is 0. The lowest BCUT2D eigenvalue weighted by Gasteiger charge is -2.22. The lowest BCUT2D eigenvalue weighted by Crippen LogP contribution is -2.37. The van der Waals surface area contributed by atoms with E-state index < -0.39 is 0 Å². The average molecular weight is 194 g/mol. The van der Waals surface area contributed by atoms with Gasteiger partial charge in [0.1, 0.15) is 0 Å². The minimum atomic E-state index is 0.260. The van der Waals surface area contributed by atoms with Crippen molar-refractivity contribution in [3.8, 4) is 11.5 Å². The van der Waals surface area contributed by atoms with Gasteiger partial charge in [-0.2, -0.15) is 0 Å². The molecular formula is C10H14N2O2. The van der Waals surface area contributed by atoms with Gasteiger partial charge in [0.25, 0.3) is 0 Å². The number of rotatable bonds is 2. The Kier molecular flexibility index (Phi) is 2.21. The second-order valence-electron chi connectivity index (χ2n) is 3.54. The number of hydrazine groups is 1.